The third-order valence-corrected chi connectivity index (χ3v) is 1.98. The van der Waals surface area contributed by atoms with E-state index < -0.39 is 0 Å². The molecule has 66 valence electrons. The van der Waals surface area contributed by atoms with Crippen molar-refractivity contribution in [1.82, 2.24) is 4.90 Å². The third kappa shape index (κ3) is 2.77. The molecule has 0 aromatic carbocycles. The molecule has 3 nitrogen and oxygen atoms in total. The molecule has 1 fully saturated rings. The Morgan fingerprint density at radius 2 is 2.27 bits per heavy atom. The number of nitrogens with zero attached hydrogens (tertiary/aromatic N) is 1. The normalized spacial score (nSPS) is 32.7. The SMILES string of the molecule is CN(C)CC1(N)CCCOC1. The number of hydrogen-bond acceptors (Lipinski definition) is 3. The highest BCUT2D eigenvalue weighted by atomic mass is 16.5. The van der Waals surface area contributed by atoms with Crippen molar-refractivity contribution in [3.63, 3.8) is 0 Å². The van der Waals surface area contributed by atoms with Gasteiger partial charge in [-0.15, -0.1) is 0 Å². The topological polar surface area (TPSA) is 38.5 Å². The molecule has 1 saturated heterocycles. The average molecular weight is 158 g/mol. The van der Waals surface area contributed by atoms with Crippen LogP contribution in [0.4, 0.5) is 0 Å². The van der Waals surface area contributed by atoms with Crippen LogP contribution in [-0.4, -0.2) is 44.3 Å². The van der Waals surface area contributed by atoms with Gasteiger partial charge in [0.05, 0.1) is 12.1 Å². The maximum absolute atomic E-state index is 6.09. The molecule has 1 rings (SSSR count). The third-order valence-electron chi connectivity index (χ3n) is 1.98. The highest BCUT2D eigenvalue weighted by Crippen LogP contribution is 2.16. The van der Waals surface area contributed by atoms with Gasteiger partial charge in [0.15, 0.2) is 0 Å². The summed E-state index contributed by atoms with van der Waals surface area (Å²) in [4.78, 5) is 2.12. The Labute approximate surface area is 68.5 Å². The second-order valence-electron chi connectivity index (χ2n) is 3.76. The zero-order chi connectivity index (χ0) is 8.32. The van der Waals surface area contributed by atoms with E-state index >= 15 is 0 Å². The summed E-state index contributed by atoms with van der Waals surface area (Å²) in [5.41, 5.74) is 6.00. The summed E-state index contributed by atoms with van der Waals surface area (Å²) in [7, 11) is 4.09. The van der Waals surface area contributed by atoms with Crippen molar-refractivity contribution in [3.05, 3.63) is 0 Å². The molecule has 0 radical (unpaired) electrons. The lowest BCUT2D eigenvalue weighted by Crippen LogP contribution is -2.54. The summed E-state index contributed by atoms with van der Waals surface area (Å²) in [5, 5.41) is 0. The van der Waals surface area contributed by atoms with Crippen LogP contribution in [0, 0.1) is 0 Å². The molecule has 11 heavy (non-hydrogen) atoms. The van der Waals surface area contributed by atoms with Crippen LogP contribution in [0.1, 0.15) is 12.8 Å². The Balaban J connectivity index is 2.37. The molecule has 3 heteroatoms. The standard InChI is InChI=1S/C8H18N2O/c1-10(2)6-8(9)4-3-5-11-7-8/h3-7,9H2,1-2H3. The average Bonchev–Trinajstić information content (AvgIpc) is 1.85. The van der Waals surface area contributed by atoms with Crippen LogP contribution in [0.5, 0.6) is 0 Å². The molecule has 0 amide bonds. The van der Waals surface area contributed by atoms with Gasteiger partial charge in [0.25, 0.3) is 0 Å². The molecule has 0 aromatic rings. The Bertz CT molecular complexity index is 119. The first-order valence-corrected chi connectivity index (χ1v) is 4.14. The summed E-state index contributed by atoms with van der Waals surface area (Å²) in [5.74, 6) is 0. The van der Waals surface area contributed by atoms with E-state index in [0.29, 0.717) is 6.61 Å². The van der Waals surface area contributed by atoms with Crippen LogP contribution in [-0.2, 0) is 4.74 Å². The van der Waals surface area contributed by atoms with Crippen LogP contribution in [0.25, 0.3) is 0 Å². The molecule has 1 atom stereocenters. The first-order valence-electron chi connectivity index (χ1n) is 4.14. The minimum absolute atomic E-state index is 0.0955. The summed E-state index contributed by atoms with van der Waals surface area (Å²) >= 11 is 0. The van der Waals surface area contributed by atoms with Gasteiger partial charge < -0.3 is 15.4 Å². The number of likely N-dealkylation sites (N-methyl/N-ethyl adjacent to an activating group) is 1. The Morgan fingerprint density at radius 1 is 1.55 bits per heavy atom. The smallest absolute Gasteiger partial charge is 0.0658 e. The second-order valence-corrected chi connectivity index (χ2v) is 3.76. The van der Waals surface area contributed by atoms with Gasteiger partial charge in [-0.25, -0.2) is 0 Å². The van der Waals surface area contributed by atoms with E-state index in [4.69, 9.17) is 10.5 Å². The summed E-state index contributed by atoms with van der Waals surface area (Å²) < 4.78 is 5.33. The lowest BCUT2D eigenvalue weighted by atomic mass is 9.93. The number of rotatable bonds is 2. The van der Waals surface area contributed by atoms with Crippen LogP contribution < -0.4 is 5.73 Å². The molecular weight excluding hydrogens is 140 g/mol. The molecule has 0 aliphatic carbocycles. The summed E-state index contributed by atoms with van der Waals surface area (Å²) in [6, 6.07) is 0. The molecular formula is C8H18N2O. The van der Waals surface area contributed by atoms with Crippen molar-refractivity contribution in [2.75, 3.05) is 33.9 Å². The minimum Gasteiger partial charge on any atom is -0.379 e. The van der Waals surface area contributed by atoms with Gasteiger partial charge in [0.1, 0.15) is 0 Å². The van der Waals surface area contributed by atoms with Gasteiger partial charge in [0, 0.05) is 13.2 Å². The Morgan fingerprint density at radius 3 is 2.73 bits per heavy atom. The van der Waals surface area contributed by atoms with Gasteiger partial charge >= 0.3 is 0 Å². The fourth-order valence-electron chi connectivity index (χ4n) is 1.63. The van der Waals surface area contributed by atoms with Crippen molar-refractivity contribution in [3.8, 4) is 0 Å². The van der Waals surface area contributed by atoms with Crippen LogP contribution in [0.2, 0.25) is 0 Å². The van der Waals surface area contributed by atoms with Crippen molar-refractivity contribution in [2.24, 2.45) is 5.73 Å². The molecule has 1 unspecified atom stereocenters. The molecule has 1 aliphatic heterocycles. The van der Waals surface area contributed by atoms with E-state index in [1.54, 1.807) is 0 Å². The number of ether oxygens (including phenoxy) is 1. The molecule has 1 heterocycles. The van der Waals surface area contributed by atoms with E-state index in [1.807, 2.05) is 14.1 Å². The highest BCUT2D eigenvalue weighted by Gasteiger charge is 2.28. The van der Waals surface area contributed by atoms with Gasteiger partial charge in [-0.1, -0.05) is 0 Å². The monoisotopic (exact) mass is 158 g/mol. The van der Waals surface area contributed by atoms with Crippen LogP contribution in [0.15, 0.2) is 0 Å². The largest absolute Gasteiger partial charge is 0.379 e. The fraction of sp³-hybridized carbons (Fsp3) is 1.00. The molecule has 1 aliphatic rings. The van der Waals surface area contributed by atoms with Crippen LogP contribution in [0.3, 0.4) is 0 Å². The second kappa shape index (κ2) is 3.52. The summed E-state index contributed by atoms with van der Waals surface area (Å²) in [6.07, 6.45) is 2.19. The van der Waals surface area contributed by atoms with E-state index in [-0.39, 0.29) is 5.54 Å². The molecule has 2 N–H and O–H groups in total. The Kier molecular flexibility index (Phi) is 2.87. The lowest BCUT2D eigenvalue weighted by molar-refractivity contribution is 0.0274. The molecule has 0 spiro atoms. The van der Waals surface area contributed by atoms with E-state index in [1.165, 1.54) is 0 Å². The predicted octanol–water partition coefficient (Wildman–Crippen LogP) is 0.0559. The van der Waals surface area contributed by atoms with Crippen molar-refractivity contribution < 1.29 is 4.74 Å². The maximum Gasteiger partial charge on any atom is 0.0658 e. The van der Waals surface area contributed by atoms with Gasteiger partial charge in [-0.05, 0) is 26.9 Å². The number of hydrogen-bond donors (Lipinski definition) is 1. The van der Waals surface area contributed by atoms with E-state index in [0.717, 1.165) is 26.0 Å². The lowest BCUT2D eigenvalue weighted by Gasteiger charge is -2.35. The van der Waals surface area contributed by atoms with Crippen molar-refractivity contribution >= 4 is 0 Å². The van der Waals surface area contributed by atoms with Crippen molar-refractivity contribution in [1.29, 1.82) is 0 Å². The first-order chi connectivity index (χ1) is 5.12. The molecule has 0 aromatic heterocycles. The number of nitrogens with two attached hydrogens (primary N) is 1. The fourth-order valence-corrected chi connectivity index (χ4v) is 1.63. The quantitative estimate of drug-likeness (QED) is 0.617. The van der Waals surface area contributed by atoms with Gasteiger partial charge in [-0.2, -0.15) is 0 Å². The van der Waals surface area contributed by atoms with Crippen molar-refractivity contribution in [2.45, 2.75) is 18.4 Å². The Hall–Kier alpha value is -0.120. The maximum atomic E-state index is 6.09. The van der Waals surface area contributed by atoms with Crippen LogP contribution >= 0.6 is 0 Å². The first kappa shape index (κ1) is 8.97. The zero-order valence-electron chi connectivity index (χ0n) is 7.47. The summed E-state index contributed by atoms with van der Waals surface area (Å²) in [6.45, 7) is 2.52. The van der Waals surface area contributed by atoms with E-state index in [9.17, 15) is 0 Å². The molecule has 0 bridgehead atoms. The molecule has 0 saturated carbocycles. The van der Waals surface area contributed by atoms with Gasteiger partial charge in [-0.3, -0.25) is 0 Å². The van der Waals surface area contributed by atoms with Gasteiger partial charge in [0.2, 0.25) is 0 Å². The minimum atomic E-state index is -0.0955. The van der Waals surface area contributed by atoms with E-state index in [2.05, 4.69) is 4.90 Å². The highest BCUT2D eigenvalue weighted by molar-refractivity contribution is 4.88. The predicted molar refractivity (Wildman–Crippen MR) is 45.5 cm³/mol. The zero-order valence-corrected chi connectivity index (χ0v) is 7.47.